The van der Waals surface area contributed by atoms with Crippen LogP contribution < -0.4 is 14.8 Å². The fourth-order valence-corrected chi connectivity index (χ4v) is 2.93. The molecule has 0 saturated carbocycles. The zero-order valence-electron chi connectivity index (χ0n) is 11.4. The van der Waals surface area contributed by atoms with E-state index in [1.54, 1.807) is 0 Å². The molecule has 0 spiro atoms. The summed E-state index contributed by atoms with van der Waals surface area (Å²) in [6.45, 7) is 1.29. The highest BCUT2D eigenvalue weighted by molar-refractivity contribution is 5.46. The molecule has 0 aromatic heterocycles. The molecule has 0 bridgehead atoms. The van der Waals surface area contributed by atoms with Gasteiger partial charge in [-0.1, -0.05) is 17.7 Å². The summed E-state index contributed by atoms with van der Waals surface area (Å²) in [5.74, 6) is 1.74. The normalized spacial score (nSPS) is 19.7. The number of hydrogen-bond donors (Lipinski definition) is 1. The van der Waals surface area contributed by atoms with Crippen LogP contribution >= 0.6 is 0 Å². The van der Waals surface area contributed by atoms with Gasteiger partial charge in [0.1, 0.15) is 13.2 Å². The lowest BCUT2D eigenvalue weighted by molar-refractivity contribution is 0.171. The van der Waals surface area contributed by atoms with Gasteiger partial charge in [-0.2, -0.15) is 0 Å². The van der Waals surface area contributed by atoms with Gasteiger partial charge >= 0.3 is 0 Å². The number of hydrogen-bond acceptors (Lipinski definition) is 3. The third-order valence-corrected chi connectivity index (χ3v) is 3.89. The zero-order valence-corrected chi connectivity index (χ0v) is 11.4. The van der Waals surface area contributed by atoms with Crippen molar-refractivity contribution in [3.63, 3.8) is 0 Å². The molecule has 19 heavy (non-hydrogen) atoms. The van der Waals surface area contributed by atoms with Gasteiger partial charge in [-0.25, -0.2) is 0 Å². The predicted molar refractivity (Wildman–Crippen MR) is 75.8 cm³/mol. The number of nitrogens with one attached hydrogen (secondary N) is 1. The van der Waals surface area contributed by atoms with Crippen LogP contribution in [0.3, 0.4) is 0 Å². The van der Waals surface area contributed by atoms with E-state index < -0.39 is 0 Å². The minimum atomic E-state index is 0.302. The van der Waals surface area contributed by atoms with E-state index >= 15 is 0 Å². The molecule has 1 aromatic carbocycles. The molecule has 0 radical (unpaired) electrons. The smallest absolute Gasteiger partial charge is 0.161 e. The highest BCUT2D eigenvalue weighted by Crippen LogP contribution is 2.36. The van der Waals surface area contributed by atoms with Crippen LogP contribution in [0.1, 0.15) is 37.3 Å². The zero-order chi connectivity index (χ0) is 13.1. The standard InChI is InChI=1S/C16H21NO2/c1-17-16(12-5-3-2-4-6-12)13-7-8-14-15(11-13)19-10-9-18-14/h5,7-8,11,16-17H,2-4,6,9-10H2,1H3. The van der Waals surface area contributed by atoms with Crippen molar-refractivity contribution in [2.45, 2.75) is 31.7 Å². The van der Waals surface area contributed by atoms with Crippen molar-refractivity contribution in [2.24, 2.45) is 0 Å². The van der Waals surface area contributed by atoms with Crippen molar-refractivity contribution in [3.05, 3.63) is 35.4 Å². The molecule has 3 heteroatoms. The number of likely N-dealkylation sites (N-methyl/N-ethyl adjacent to an activating group) is 1. The Morgan fingerprint density at radius 3 is 2.68 bits per heavy atom. The molecule has 1 aliphatic carbocycles. The Balaban J connectivity index is 1.88. The Labute approximate surface area is 114 Å². The Bertz CT molecular complexity index is 482. The number of ether oxygens (including phenoxy) is 2. The Kier molecular flexibility index (Phi) is 3.74. The van der Waals surface area contributed by atoms with Crippen molar-refractivity contribution < 1.29 is 9.47 Å². The molecule has 1 unspecified atom stereocenters. The molecule has 1 aliphatic heterocycles. The lowest BCUT2D eigenvalue weighted by Crippen LogP contribution is -2.21. The van der Waals surface area contributed by atoms with E-state index in [4.69, 9.17) is 9.47 Å². The third-order valence-electron chi connectivity index (χ3n) is 3.89. The van der Waals surface area contributed by atoms with Gasteiger partial charge in [0.2, 0.25) is 0 Å². The van der Waals surface area contributed by atoms with Crippen molar-refractivity contribution >= 4 is 0 Å². The monoisotopic (exact) mass is 259 g/mol. The van der Waals surface area contributed by atoms with Crippen LogP contribution in [0.5, 0.6) is 11.5 Å². The minimum absolute atomic E-state index is 0.302. The lowest BCUT2D eigenvalue weighted by atomic mass is 9.90. The number of benzene rings is 1. The molecule has 3 nitrogen and oxygen atoms in total. The van der Waals surface area contributed by atoms with E-state index in [1.165, 1.54) is 36.8 Å². The largest absolute Gasteiger partial charge is 0.486 e. The average Bonchev–Trinajstić information content (AvgIpc) is 2.49. The molecule has 0 amide bonds. The molecule has 0 fully saturated rings. The van der Waals surface area contributed by atoms with Crippen LogP contribution in [-0.2, 0) is 0 Å². The first-order valence-electron chi connectivity index (χ1n) is 7.14. The number of fused-ring (bicyclic) bond motifs is 1. The SMILES string of the molecule is CNC(C1=CCCCC1)c1ccc2c(c1)OCCO2. The minimum Gasteiger partial charge on any atom is -0.486 e. The average molecular weight is 259 g/mol. The predicted octanol–water partition coefficient (Wildman–Crippen LogP) is 3.22. The Hall–Kier alpha value is -1.48. The second-order valence-electron chi connectivity index (χ2n) is 5.15. The lowest BCUT2D eigenvalue weighted by Gasteiger charge is -2.25. The molecular weight excluding hydrogens is 238 g/mol. The summed E-state index contributed by atoms with van der Waals surface area (Å²) in [7, 11) is 2.02. The van der Waals surface area contributed by atoms with E-state index in [2.05, 4.69) is 23.5 Å². The van der Waals surface area contributed by atoms with Gasteiger partial charge in [-0.3, -0.25) is 0 Å². The molecular formula is C16H21NO2. The van der Waals surface area contributed by atoms with Crippen molar-refractivity contribution in [1.29, 1.82) is 0 Å². The van der Waals surface area contributed by atoms with Gasteiger partial charge in [0.25, 0.3) is 0 Å². The molecule has 3 rings (SSSR count). The van der Waals surface area contributed by atoms with E-state index in [9.17, 15) is 0 Å². The molecule has 102 valence electrons. The van der Waals surface area contributed by atoms with E-state index in [0.717, 1.165) is 11.5 Å². The summed E-state index contributed by atoms with van der Waals surface area (Å²) in [5.41, 5.74) is 2.77. The molecule has 2 aliphatic rings. The van der Waals surface area contributed by atoms with Gasteiger partial charge in [0.05, 0.1) is 6.04 Å². The Morgan fingerprint density at radius 1 is 1.11 bits per heavy atom. The summed E-state index contributed by atoms with van der Waals surface area (Å²) in [5, 5.41) is 3.43. The number of allylic oxidation sites excluding steroid dienone is 1. The molecule has 0 saturated heterocycles. The molecule has 1 heterocycles. The molecule has 1 N–H and O–H groups in total. The summed E-state index contributed by atoms with van der Waals surface area (Å²) in [6.07, 6.45) is 7.41. The van der Waals surface area contributed by atoms with Gasteiger partial charge in [-0.15, -0.1) is 0 Å². The first kappa shape index (κ1) is 12.5. The van der Waals surface area contributed by atoms with E-state index in [0.29, 0.717) is 19.3 Å². The first-order valence-corrected chi connectivity index (χ1v) is 7.14. The first-order chi connectivity index (χ1) is 9.38. The topological polar surface area (TPSA) is 30.5 Å². The maximum atomic E-state index is 5.67. The van der Waals surface area contributed by atoms with Gasteiger partial charge in [0, 0.05) is 0 Å². The van der Waals surface area contributed by atoms with Crippen LogP contribution in [0.25, 0.3) is 0 Å². The molecule has 1 atom stereocenters. The van der Waals surface area contributed by atoms with Crippen LogP contribution in [-0.4, -0.2) is 20.3 Å². The fourth-order valence-electron chi connectivity index (χ4n) is 2.93. The maximum absolute atomic E-state index is 5.67. The second-order valence-corrected chi connectivity index (χ2v) is 5.15. The second kappa shape index (κ2) is 5.66. The molecule has 1 aromatic rings. The Morgan fingerprint density at radius 2 is 1.95 bits per heavy atom. The quantitative estimate of drug-likeness (QED) is 0.845. The number of rotatable bonds is 3. The maximum Gasteiger partial charge on any atom is 0.161 e. The summed E-state index contributed by atoms with van der Waals surface area (Å²) < 4.78 is 11.3. The van der Waals surface area contributed by atoms with Crippen LogP contribution in [0.15, 0.2) is 29.8 Å². The summed E-state index contributed by atoms with van der Waals surface area (Å²) in [4.78, 5) is 0. The van der Waals surface area contributed by atoms with Gasteiger partial charge in [-0.05, 0) is 50.4 Å². The third kappa shape index (κ3) is 2.61. The van der Waals surface area contributed by atoms with Crippen LogP contribution in [0.4, 0.5) is 0 Å². The van der Waals surface area contributed by atoms with E-state index in [-0.39, 0.29) is 0 Å². The van der Waals surface area contributed by atoms with Crippen molar-refractivity contribution in [3.8, 4) is 11.5 Å². The van der Waals surface area contributed by atoms with Gasteiger partial charge < -0.3 is 14.8 Å². The van der Waals surface area contributed by atoms with Crippen molar-refractivity contribution in [1.82, 2.24) is 5.32 Å². The highest BCUT2D eigenvalue weighted by Gasteiger charge is 2.19. The summed E-state index contributed by atoms with van der Waals surface area (Å²) >= 11 is 0. The van der Waals surface area contributed by atoms with Crippen LogP contribution in [0.2, 0.25) is 0 Å². The van der Waals surface area contributed by atoms with Gasteiger partial charge in [0.15, 0.2) is 11.5 Å². The highest BCUT2D eigenvalue weighted by atomic mass is 16.6. The summed E-state index contributed by atoms with van der Waals surface area (Å²) in [6, 6.07) is 6.59. The van der Waals surface area contributed by atoms with Crippen LogP contribution in [0, 0.1) is 0 Å². The van der Waals surface area contributed by atoms with E-state index in [1.807, 2.05) is 13.1 Å². The fraction of sp³-hybridized carbons (Fsp3) is 0.500. The van der Waals surface area contributed by atoms with Crippen molar-refractivity contribution in [2.75, 3.05) is 20.3 Å².